The molecule has 0 saturated carbocycles. The summed E-state index contributed by atoms with van der Waals surface area (Å²) in [4.78, 5) is 15.9. The van der Waals surface area contributed by atoms with Crippen molar-refractivity contribution in [1.29, 1.82) is 0 Å². The summed E-state index contributed by atoms with van der Waals surface area (Å²) in [6.07, 6.45) is 0. The third-order valence-corrected chi connectivity index (χ3v) is 3.55. The molecule has 1 aromatic heterocycles. The van der Waals surface area contributed by atoms with Gasteiger partial charge in [-0.3, -0.25) is 0 Å². The zero-order chi connectivity index (χ0) is 18.1. The standard InChI is InChI=1S/C16H14FN5O3/c1-10-4-3-5-13(8-10)20-19-16(22(24)25)15(21(20)23)18-12-7-6-11(2)14(17)9-12/h3-9,23H,1-2H3. The molecule has 2 aromatic carbocycles. The van der Waals surface area contributed by atoms with Gasteiger partial charge in [0.05, 0.1) is 10.8 Å². The van der Waals surface area contributed by atoms with Gasteiger partial charge >= 0.3 is 5.82 Å². The minimum absolute atomic E-state index is 0.123. The highest BCUT2D eigenvalue weighted by Gasteiger charge is 2.24. The highest BCUT2D eigenvalue weighted by Crippen LogP contribution is 2.17. The maximum Gasteiger partial charge on any atom is 0.438 e. The van der Waals surface area contributed by atoms with Gasteiger partial charge in [-0.25, -0.2) is 9.38 Å². The Morgan fingerprint density at radius 3 is 2.64 bits per heavy atom. The summed E-state index contributed by atoms with van der Waals surface area (Å²) in [5, 5.41) is 25.4. The molecule has 0 unspecified atom stereocenters. The molecule has 0 spiro atoms. The Bertz CT molecular complexity index is 1040. The molecule has 0 amide bonds. The summed E-state index contributed by atoms with van der Waals surface area (Å²) in [6.45, 7) is 3.42. The van der Waals surface area contributed by atoms with Crippen molar-refractivity contribution in [3.63, 3.8) is 0 Å². The molecule has 0 fully saturated rings. The third-order valence-electron chi connectivity index (χ3n) is 3.55. The maximum absolute atomic E-state index is 13.7. The molecule has 0 radical (unpaired) electrons. The topological polar surface area (TPSA) is 98.5 Å². The van der Waals surface area contributed by atoms with Gasteiger partial charge in [0, 0.05) is 0 Å². The molecule has 9 heteroatoms. The fourth-order valence-electron chi connectivity index (χ4n) is 2.26. The van der Waals surface area contributed by atoms with Gasteiger partial charge in [0.1, 0.15) is 11.5 Å². The highest BCUT2D eigenvalue weighted by molar-refractivity contribution is 5.40. The van der Waals surface area contributed by atoms with E-state index in [1.165, 1.54) is 12.1 Å². The predicted molar refractivity (Wildman–Crippen MR) is 86.5 cm³/mol. The predicted octanol–water partition coefficient (Wildman–Crippen LogP) is 2.81. The van der Waals surface area contributed by atoms with Crippen LogP contribution in [-0.4, -0.2) is 24.9 Å². The number of hydrogen-bond acceptors (Lipinski definition) is 5. The molecular weight excluding hydrogens is 329 g/mol. The number of halogens is 1. The molecule has 8 nitrogen and oxygen atoms in total. The molecule has 1 N–H and O–H groups in total. The van der Waals surface area contributed by atoms with Gasteiger partial charge < -0.3 is 15.3 Å². The lowest BCUT2D eigenvalue weighted by Gasteiger charge is -2.01. The first-order valence-corrected chi connectivity index (χ1v) is 7.31. The van der Waals surface area contributed by atoms with Crippen molar-refractivity contribution in [3.8, 4) is 5.69 Å². The van der Waals surface area contributed by atoms with Gasteiger partial charge in [-0.15, -0.1) is 0 Å². The molecule has 0 aliphatic rings. The molecule has 25 heavy (non-hydrogen) atoms. The van der Waals surface area contributed by atoms with Crippen LogP contribution >= 0.6 is 0 Å². The normalized spacial score (nSPS) is 11.7. The van der Waals surface area contributed by atoms with Crippen LogP contribution in [0.5, 0.6) is 0 Å². The van der Waals surface area contributed by atoms with Crippen molar-refractivity contribution in [3.05, 3.63) is 75.0 Å². The molecule has 0 aliphatic heterocycles. The SMILES string of the molecule is Cc1cccc(-n2nc([N+](=O)[O-])c(=Nc3ccc(C)c(F)c3)n2O)c1. The van der Waals surface area contributed by atoms with E-state index in [1.54, 1.807) is 25.1 Å². The number of hydrogen-bond donors (Lipinski definition) is 1. The van der Waals surface area contributed by atoms with Gasteiger partial charge in [0.2, 0.25) is 0 Å². The van der Waals surface area contributed by atoms with Crippen LogP contribution in [-0.2, 0) is 0 Å². The minimum Gasteiger partial charge on any atom is -0.409 e. The summed E-state index contributed by atoms with van der Waals surface area (Å²) in [5.41, 5.74) is 1.44. The fraction of sp³-hybridized carbons (Fsp3) is 0.125. The Hall–Kier alpha value is -3.49. The molecule has 3 rings (SSSR count). The molecule has 0 bridgehead atoms. The van der Waals surface area contributed by atoms with E-state index >= 15 is 0 Å². The lowest BCUT2D eigenvalue weighted by molar-refractivity contribution is -0.391. The van der Waals surface area contributed by atoms with E-state index in [0.717, 1.165) is 16.4 Å². The minimum atomic E-state index is -0.762. The van der Waals surface area contributed by atoms with Crippen LogP contribution in [0.25, 0.3) is 5.69 Å². The van der Waals surface area contributed by atoms with E-state index in [-0.39, 0.29) is 5.69 Å². The van der Waals surface area contributed by atoms with Gasteiger partial charge in [0.25, 0.3) is 5.49 Å². The van der Waals surface area contributed by atoms with Crippen molar-refractivity contribution < 1.29 is 14.5 Å². The first-order chi connectivity index (χ1) is 11.9. The summed E-state index contributed by atoms with van der Waals surface area (Å²) in [5.74, 6) is -1.15. The number of nitrogens with zero attached hydrogens (tertiary/aromatic N) is 5. The Kier molecular flexibility index (Phi) is 4.05. The molecule has 128 valence electrons. The van der Waals surface area contributed by atoms with Gasteiger partial charge in [0.15, 0.2) is 0 Å². The van der Waals surface area contributed by atoms with Crippen LogP contribution < -0.4 is 5.49 Å². The lowest BCUT2D eigenvalue weighted by atomic mass is 10.2. The van der Waals surface area contributed by atoms with E-state index in [2.05, 4.69) is 10.1 Å². The zero-order valence-electron chi connectivity index (χ0n) is 13.4. The van der Waals surface area contributed by atoms with Crippen LogP contribution in [0, 0.1) is 29.8 Å². The Balaban J connectivity index is 2.24. The maximum atomic E-state index is 13.7. The number of benzene rings is 2. The Morgan fingerprint density at radius 2 is 2.00 bits per heavy atom. The Morgan fingerprint density at radius 1 is 1.24 bits per heavy atom. The molecule has 3 aromatic rings. The monoisotopic (exact) mass is 343 g/mol. The van der Waals surface area contributed by atoms with Crippen molar-refractivity contribution in [2.24, 2.45) is 4.99 Å². The smallest absolute Gasteiger partial charge is 0.409 e. The summed E-state index contributed by atoms with van der Waals surface area (Å²) in [7, 11) is 0. The number of aromatic nitrogens is 3. The third kappa shape index (κ3) is 3.11. The number of rotatable bonds is 3. The van der Waals surface area contributed by atoms with Crippen LogP contribution in [0.3, 0.4) is 0 Å². The largest absolute Gasteiger partial charge is 0.438 e. The van der Waals surface area contributed by atoms with E-state index in [9.17, 15) is 19.7 Å². The van der Waals surface area contributed by atoms with Crippen LogP contribution in [0.1, 0.15) is 11.1 Å². The van der Waals surface area contributed by atoms with E-state index in [4.69, 9.17) is 0 Å². The number of aryl methyl sites for hydroxylation is 2. The average molecular weight is 343 g/mol. The molecular formula is C16H14FN5O3. The second kappa shape index (κ2) is 6.19. The quantitative estimate of drug-likeness (QED) is 0.449. The highest BCUT2D eigenvalue weighted by atomic mass is 19.1. The van der Waals surface area contributed by atoms with Gasteiger partial charge in [-0.05, 0) is 59.0 Å². The van der Waals surface area contributed by atoms with Crippen LogP contribution in [0.4, 0.5) is 15.9 Å². The molecule has 0 saturated heterocycles. The van der Waals surface area contributed by atoms with E-state index < -0.39 is 22.0 Å². The molecule has 0 atom stereocenters. The van der Waals surface area contributed by atoms with E-state index in [1.807, 2.05) is 13.0 Å². The summed E-state index contributed by atoms with van der Waals surface area (Å²) < 4.78 is 13.7. The Labute approximate surface area is 141 Å². The molecule has 0 aliphatic carbocycles. The van der Waals surface area contributed by atoms with Gasteiger partial charge in [-0.2, -0.15) is 0 Å². The second-order valence-electron chi connectivity index (χ2n) is 5.47. The summed E-state index contributed by atoms with van der Waals surface area (Å²) in [6, 6.07) is 11.0. The molecule has 1 heterocycles. The van der Waals surface area contributed by atoms with Crippen LogP contribution in [0.2, 0.25) is 0 Å². The van der Waals surface area contributed by atoms with Gasteiger partial charge in [-0.1, -0.05) is 23.0 Å². The first kappa shape index (κ1) is 16.4. The second-order valence-corrected chi connectivity index (χ2v) is 5.47. The lowest BCUT2D eigenvalue weighted by Crippen LogP contribution is -2.22. The number of nitro groups is 1. The van der Waals surface area contributed by atoms with Crippen molar-refractivity contribution in [1.82, 2.24) is 14.7 Å². The first-order valence-electron chi connectivity index (χ1n) is 7.31. The van der Waals surface area contributed by atoms with Crippen molar-refractivity contribution in [2.75, 3.05) is 0 Å². The summed E-state index contributed by atoms with van der Waals surface area (Å²) >= 11 is 0. The zero-order valence-corrected chi connectivity index (χ0v) is 13.4. The average Bonchev–Trinajstić information content (AvgIpc) is 2.88. The van der Waals surface area contributed by atoms with Crippen molar-refractivity contribution >= 4 is 11.5 Å². The van der Waals surface area contributed by atoms with E-state index in [0.29, 0.717) is 16.1 Å². The van der Waals surface area contributed by atoms with Crippen molar-refractivity contribution in [2.45, 2.75) is 13.8 Å². The fourth-order valence-corrected chi connectivity index (χ4v) is 2.26. The van der Waals surface area contributed by atoms with Crippen LogP contribution in [0.15, 0.2) is 47.5 Å².